The zero-order valence-corrected chi connectivity index (χ0v) is 12.5. The number of carbonyl (C=O) groups excluding carboxylic acids is 1. The highest BCUT2D eigenvalue weighted by Gasteiger charge is 2.27. The number of anilines is 1. The van der Waals surface area contributed by atoms with Gasteiger partial charge in [0.25, 0.3) is 5.91 Å². The zero-order chi connectivity index (χ0) is 15.7. The molecule has 2 aromatic rings. The Bertz CT molecular complexity index is 738. The topological polar surface area (TPSA) is 67.9 Å². The lowest BCUT2D eigenvalue weighted by Crippen LogP contribution is -2.39. The molecular formula is C17H17N3O2. The van der Waals surface area contributed by atoms with Gasteiger partial charge in [0, 0.05) is 18.2 Å². The van der Waals surface area contributed by atoms with Gasteiger partial charge in [0.05, 0.1) is 18.5 Å². The van der Waals surface area contributed by atoms with Crippen molar-refractivity contribution in [3.63, 3.8) is 0 Å². The molecule has 0 aromatic heterocycles. The predicted octanol–water partition coefficient (Wildman–Crippen LogP) is 1.79. The fourth-order valence-electron chi connectivity index (χ4n) is 2.53. The van der Waals surface area contributed by atoms with E-state index in [-0.39, 0.29) is 5.91 Å². The lowest BCUT2D eigenvalue weighted by molar-refractivity contribution is -0.119. The van der Waals surface area contributed by atoms with Gasteiger partial charge in [-0.25, -0.2) is 0 Å². The maximum absolute atomic E-state index is 12.3. The molecule has 1 unspecified atom stereocenters. The van der Waals surface area contributed by atoms with Gasteiger partial charge in [-0.15, -0.1) is 0 Å². The molecule has 2 N–H and O–H groups in total. The highest BCUT2D eigenvalue weighted by Crippen LogP contribution is 2.27. The van der Waals surface area contributed by atoms with Gasteiger partial charge < -0.3 is 15.4 Å². The van der Waals surface area contributed by atoms with Crippen LogP contribution in [0, 0.1) is 0 Å². The highest BCUT2D eigenvalue weighted by atomic mass is 16.5. The lowest BCUT2D eigenvalue weighted by atomic mass is 10.0. The van der Waals surface area contributed by atoms with Crippen LogP contribution in [-0.2, 0) is 4.79 Å². The molecule has 0 spiro atoms. The molecule has 22 heavy (non-hydrogen) atoms. The average molecular weight is 295 g/mol. The minimum atomic E-state index is -0.908. The van der Waals surface area contributed by atoms with Crippen LogP contribution in [0.15, 0.2) is 53.5 Å². The fraction of sp³-hybridized carbons (Fsp3) is 0.176. The number of nitrogens with zero attached hydrogens (tertiary/aromatic N) is 2. The minimum Gasteiger partial charge on any atom is -0.497 e. The Kier molecular flexibility index (Phi) is 3.65. The summed E-state index contributed by atoms with van der Waals surface area (Å²) in [4.78, 5) is 18.3. The number of fused-ring (bicyclic) bond motifs is 1. The molecule has 1 atom stereocenters. The SMILES string of the molecule is COc1ccc(C2=NC(N)C(=O)N(C)c3ccccc32)cc1. The number of hydrogen-bond donors (Lipinski definition) is 1. The summed E-state index contributed by atoms with van der Waals surface area (Å²) in [6.07, 6.45) is -0.908. The third-order valence-corrected chi connectivity index (χ3v) is 3.74. The van der Waals surface area contributed by atoms with Crippen LogP contribution in [0.4, 0.5) is 5.69 Å². The summed E-state index contributed by atoms with van der Waals surface area (Å²) in [5.41, 5.74) is 9.22. The van der Waals surface area contributed by atoms with E-state index < -0.39 is 6.17 Å². The van der Waals surface area contributed by atoms with Crippen molar-refractivity contribution in [2.75, 3.05) is 19.1 Å². The van der Waals surface area contributed by atoms with Crippen molar-refractivity contribution in [1.82, 2.24) is 0 Å². The number of carbonyl (C=O) groups is 1. The number of nitrogens with two attached hydrogens (primary N) is 1. The second kappa shape index (κ2) is 5.61. The Labute approximate surface area is 129 Å². The van der Waals surface area contributed by atoms with Gasteiger partial charge in [0.15, 0.2) is 6.17 Å². The third-order valence-electron chi connectivity index (χ3n) is 3.74. The Morgan fingerprint density at radius 1 is 1.14 bits per heavy atom. The first-order valence-electron chi connectivity index (χ1n) is 6.96. The monoisotopic (exact) mass is 295 g/mol. The van der Waals surface area contributed by atoms with Crippen molar-refractivity contribution in [1.29, 1.82) is 0 Å². The van der Waals surface area contributed by atoms with Crippen molar-refractivity contribution in [2.24, 2.45) is 10.7 Å². The maximum atomic E-state index is 12.3. The summed E-state index contributed by atoms with van der Waals surface area (Å²) in [5, 5.41) is 0. The number of aliphatic imine (C=N–C) groups is 1. The molecule has 2 aromatic carbocycles. The van der Waals surface area contributed by atoms with E-state index in [1.54, 1.807) is 19.1 Å². The van der Waals surface area contributed by atoms with Crippen molar-refractivity contribution < 1.29 is 9.53 Å². The molecule has 0 radical (unpaired) electrons. The summed E-state index contributed by atoms with van der Waals surface area (Å²) >= 11 is 0. The second-order valence-electron chi connectivity index (χ2n) is 5.07. The maximum Gasteiger partial charge on any atom is 0.266 e. The number of methoxy groups -OCH3 is 1. The van der Waals surface area contributed by atoms with E-state index in [0.29, 0.717) is 5.71 Å². The number of amides is 1. The predicted molar refractivity (Wildman–Crippen MR) is 86.5 cm³/mol. The molecule has 0 bridgehead atoms. The molecule has 112 valence electrons. The minimum absolute atomic E-state index is 0.226. The Morgan fingerprint density at radius 3 is 2.50 bits per heavy atom. The van der Waals surface area contributed by atoms with E-state index in [1.165, 1.54) is 0 Å². The first kappa shape index (κ1) is 14.3. The molecule has 1 aliphatic heterocycles. The van der Waals surface area contributed by atoms with Gasteiger partial charge in [0.2, 0.25) is 0 Å². The second-order valence-corrected chi connectivity index (χ2v) is 5.07. The summed E-state index contributed by atoms with van der Waals surface area (Å²) in [6.45, 7) is 0. The van der Waals surface area contributed by atoms with Crippen molar-refractivity contribution in [2.45, 2.75) is 6.17 Å². The number of benzodiazepines with no additional fused rings is 1. The molecule has 5 nitrogen and oxygen atoms in total. The van der Waals surface area contributed by atoms with E-state index in [0.717, 1.165) is 22.6 Å². The van der Waals surface area contributed by atoms with E-state index in [2.05, 4.69) is 4.99 Å². The summed E-state index contributed by atoms with van der Waals surface area (Å²) < 4.78 is 5.18. The molecule has 1 heterocycles. The molecule has 0 fully saturated rings. The van der Waals surface area contributed by atoms with Crippen molar-refractivity contribution in [3.05, 3.63) is 59.7 Å². The van der Waals surface area contributed by atoms with Gasteiger partial charge in [-0.05, 0) is 30.3 Å². The molecule has 5 heteroatoms. The van der Waals surface area contributed by atoms with Gasteiger partial charge in [-0.3, -0.25) is 9.79 Å². The summed E-state index contributed by atoms with van der Waals surface area (Å²) in [6, 6.07) is 15.2. The highest BCUT2D eigenvalue weighted by molar-refractivity contribution is 6.19. The molecule has 0 saturated heterocycles. The van der Waals surface area contributed by atoms with Crippen molar-refractivity contribution >= 4 is 17.3 Å². The van der Waals surface area contributed by atoms with Crippen LogP contribution in [0.2, 0.25) is 0 Å². The van der Waals surface area contributed by atoms with Crippen molar-refractivity contribution in [3.8, 4) is 5.75 Å². The molecular weight excluding hydrogens is 278 g/mol. The smallest absolute Gasteiger partial charge is 0.266 e. The van der Waals surface area contributed by atoms with Crippen LogP contribution in [0.3, 0.4) is 0 Å². The number of likely N-dealkylation sites (N-methyl/N-ethyl adjacent to an activating group) is 1. The van der Waals surface area contributed by atoms with Gasteiger partial charge in [0.1, 0.15) is 5.75 Å². The number of rotatable bonds is 2. The van der Waals surface area contributed by atoms with E-state index in [1.807, 2.05) is 48.5 Å². The molecule has 0 aliphatic carbocycles. The van der Waals surface area contributed by atoms with Crippen LogP contribution >= 0.6 is 0 Å². The number of benzene rings is 2. The number of hydrogen-bond acceptors (Lipinski definition) is 4. The lowest BCUT2D eigenvalue weighted by Gasteiger charge is -2.18. The van der Waals surface area contributed by atoms with Crippen LogP contribution in [-0.4, -0.2) is 31.9 Å². The number of para-hydroxylation sites is 1. The van der Waals surface area contributed by atoms with Crippen LogP contribution < -0.4 is 15.4 Å². The average Bonchev–Trinajstić information content (AvgIpc) is 2.66. The van der Waals surface area contributed by atoms with E-state index >= 15 is 0 Å². The first-order valence-corrected chi connectivity index (χ1v) is 6.96. The molecule has 0 saturated carbocycles. The van der Waals surface area contributed by atoms with Gasteiger partial charge in [-0.2, -0.15) is 0 Å². The van der Waals surface area contributed by atoms with Crippen LogP contribution in [0.5, 0.6) is 5.75 Å². The third kappa shape index (κ3) is 2.35. The number of ether oxygens (including phenoxy) is 1. The fourth-order valence-corrected chi connectivity index (χ4v) is 2.53. The summed E-state index contributed by atoms with van der Waals surface area (Å²) in [5.74, 6) is 0.541. The van der Waals surface area contributed by atoms with Crippen LogP contribution in [0.25, 0.3) is 0 Å². The van der Waals surface area contributed by atoms with Crippen LogP contribution in [0.1, 0.15) is 11.1 Å². The first-order chi connectivity index (χ1) is 10.6. The van der Waals surface area contributed by atoms with E-state index in [4.69, 9.17) is 10.5 Å². The van der Waals surface area contributed by atoms with E-state index in [9.17, 15) is 4.79 Å². The zero-order valence-electron chi connectivity index (χ0n) is 12.5. The summed E-state index contributed by atoms with van der Waals surface area (Å²) in [7, 11) is 3.34. The Balaban J connectivity index is 2.17. The quantitative estimate of drug-likeness (QED) is 0.918. The Morgan fingerprint density at radius 2 is 1.82 bits per heavy atom. The Hall–Kier alpha value is -2.66. The standard InChI is InChI=1S/C17H17N3O2/c1-20-14-6-4-3-5-13(14)15(19-16(18)17(20)21)11-7-9-12(22-2)10-8-11/h3-10,16H,18H2,1-2H3. The van der Waals surface area contributed by atoms with Gasteiger partial charge >= 0.3 is 0 Å². The van der Waals surface area contributed by atoms with Gasteiger partial charge in [-0.1, -0.05) is 18.2 Å². The normalized spacial score (nSPS) is 17.6. The molecule has 1 amide bonds. The largest absolute Gasteiger partial charge is 0.497 e. The molecule has 3 rings (SSSR count). The molecule has 1 aliphatic rings.